The van der Waals surface area contributed by atoms with Gasteiger partial charge in [-0.2, -0.15) is 0 Å². The number of ether oxygens (including phenoxy) is 1. The fourth-order valence-electron chi connectivity index (χ4n) is 3.39. The highest BCUT2D eigenvalue weighted by Crippen LogP contribution is 2.20. The van der Waals surface area contributed by atoms with E-state index in [1.807, 2.05) is 0 Å². The molecule has 112 valence electrons. The van der Waals surface area contributed by atoms with E-state index in [-0.39, 0.29) is 0 Å². The molecular formula is C15H31N3O. The third-order valence-corrected chi connectivity index (χ3v) is 4.94. The standard InChI is InChI=1S/C15H31N3O/c1-4-15(5-2)13-18(8-7-16-15)12-14-11-17(6-3)9-10-19-14/h14,16H,4-13H2,1-3H3. The average Bonchev–Trinajstić information content (AvgIpc) is 2.47. The van der Waals surface area contributed by atoms with Gasteiger partial charge in [0.05, 0.1) is 12.7 Å². The zero-order valence-corrected chi connectivity index (χ0v) is 13.0. The highest BCUT2D eigenvalue weighted by molar-refractivity contribution is 4.93. The SMILES string of the molecule is CCN1CCOC(CN2CCNC(CC)(CC)C2)C1. The van der Waals surface area contributed by atoms with Crippen LogP contribution in [-0.2, 0) is 4.74 Å². The first-order chi connectivity index (χ1) is 9.21. The second-order valence-electron chi connectivity index (χ2n) is 6.04. The second kappa shape index (κ2) is 7.02. The Balaban J connectivity index is 1.85. The maximum Gasteiger partial charge on any atom is 0.0829 e. The summed E-state index contributed by atoms with van der Waals surface area (Å²) in [5.74, 6) is 0. The Hall–Kier alpha value is -0.160. The average molecular weight is 269 g/mol. The van der Waals surface area contributed by atoms with Crippen molar-refractivity contribution in [2.24, 2.45) is 0 Å². The van der Waals surface area contributed by atoms with Crippen LogP contribution in [0.2, 0.25) is 0 Å². The molecule has 0 aromatic heterocycles. The van der Waals surface area contributed by atoms with E-state index in [1.54, 1.807) is 0 Å². The number of piperazine rings is 1. The minimum atomic E-state index is 0.331. The van der Waals surface area contributed by atoms with Crippen molar-refractivity contribution in [3.63, 3.8) is 0 Å². The third-order valence-electron chi connectivity index (χ3n) is 4.94. The van der Waals surface area contributed by atoms with E-state index in [1.165, 1.54) is 19.4 Å². The molecular weight excluding hydrogens is 238 g/mol. The van der Waals surface area contributed by atoms with Gasteiger partial charge in [0.15, 0.2) is 0 Å². The number of morpholine rings is 1. The zero-order valence-electron chi connectivity index (χ0n) is 13.0. The number of likely N-dealkylation sites (N-methyl/N-ethyl adjacent to an activating group) is 1. The van der Waals surface area contributed by atoms with Crippen molar-refractivity contribution in [2.45, 2.75) is 45.3 Å². The van der Waals surface area contributed by atoms with Gasteiger partial charge in [-0.25, -0.2) is 0 Å². The van der Waals surface area contributed by atoms with E-state index in [0.717, 1.165) is 45.9 Å². The van der Waals surface area contributed by atoms with Crippen molar-refractivity contribution < 1.29 is 4.74 Å². The summed E-state index contributed by atoms with van der Waals surface area (Å²) >= 11 is 0. The highest BCUT2D eigenvalue weighted by atomic mass is 16.5. The van der Waals surface area contributed by atoms with E-state index in [9.17, 15) is 0 Å². The molecule has 0 aromatic carbocycles. The molecule has 19 heavy (non-hydrogen) atoms. The molecule has 2 heterocycles. The number of hydrogen-bond donors (Lipinski definition) is 1. The predicted molar refractivity (Wildman–Crippen MR) is 79.6 cm³/mol. The molecule has 4 nitrogen and oxygen atoms in total. The van der Waals surface area contributed by atoms with Gasteiger partial charge in [0.2, 0.25) is 0 Å². The van der Waals surface area contributed by atoms with Gasteiger partial charge in [-0.1, -0.05) is 20.8 Å². The van der Waals surface area contributed by atoms with Gasteiger partial charge in [0, 0.05) is 44.8 Å². The van der Waals surface area contributed by atoms with Crippen LogP contribution in [0, 0.1) is 0 Å². The van der Waals surface area contributed by atoms with E-state index in [0.29, 0.717) is 11.6 Å². The fourth-order valence-corrected chi connectivity index (χ4v) is 3.39. The van der Waals surface area contributed by atoms with E-state index in [2.05, 4.69) is 35.9 Å². The monoisotopic (exact) mass is 269 g/mol. The minimum Gasteiger partial charge on any atom is -0.374 e. The summed E-state index contributed by atoms with van der Waals surface area (Å²) < 4.78 is 5.94. The van der Waals surface area contributed by atoms with Crippen LogP contribution in [0.3, 0.4) is 0 Å². The molecule has 0 amide bonds. The summed E-state index contributed by atoms with van der Waals surface area (Å²) in [5, 5.41) is 3.73. The molecule has 0 aromatic rings. The lowest BCUT2D eigenvalue weighted by molar-refractivity contribution is -0.0484. The smallest absolute Gasteiger partial charge is 0.0829 e. The Morgan fingerprint density at radius 1 is 1.16 bits per heavy atom. The van der Waals surface area contributed by atoms with Gasteiger partial charge in [-0.15, -0.1) is 0 Å². The van der Waals surface area contributed by atoms with Crippen molar-refractivity contribution in [1.82, 2.24) is 15.1 Å². The molecule has 2 aliphatic heterocycles. The molecule has 0 radical (unpaired) electrons. The van der Waals surface area contributed by atoms with Crippen LogP contribution in [0.4, 0.5) is 0 Å². The van der Waals surface area contributed by atoms with Crippen molar-refractivity contribution >= 4 is 0 Å². The summed E-state index contributed by atoms with van der Waals surface area (Å²) in [6, 6.07) is 0. The lowest BCUT2D eigenvalue weighted by Gasteiger charge is -2.45. The van der Waals surface area contributed by atoms with E-state index < -0.39 is 0 Å². The topological polar surface area (TPSA) is 27.7 Å². The third kappa shape index (κ3) is 3.91. The molecule has 1 unspecified atom stereocenters. The molecule has 4 heteroatoms. The van der Waals surface area contributed by atoms with E-state index in [4.69, 9.17) is 4.74 Å². The molecule has 0 saturated carbocycles. The maximum absolute atomic E-state index is 5.94. The molecule has 2 rings (SSSR count). The molecule has 1 atom stereocenters. The first-order valence-electron chi connectivity index (χ1n) is 8.02. The fraction of sp³-hybridized carbons (Fsp3) is 1.00. The van der Waals surface area contributed by atoms with Crippen LogP contribution in [-0.4, -0.2) is 73.9 Å². The van der Waals surface area contributed by atoms with Crippen molar-refractivity contribution in [1.29, 1.82) is 0 Å². The highest BCUT2D eigenvalue weighted by Gasteiger charge is 2.33. The van der Waals surface area contributed by atoms with Crippen LogP contribution in [0.5, 0.6) is 0 Å². The lowest BCUT2D eigenvalue weighted by atomic mass is 9.90. The first-order valence-corrected chi connectivity index (χ1v) is 8.02. The Kier molecular flexibility index (Phi) is 5.63. The summed E-state index contributed by atoms with van der Waals surface area (Å²) in [6.07, 6.45) is 2.83. The molecule has 2 fully saturated rings. The maximum atomic E-state index is 5.94. The van der Waals surface area contributed by atoms with Crippen LogP contribution >= 0.6 is 0 Å². The van der Waals surface area contributed by atoms with Crippen molar-refractivity contribution in [2.75, 3.05) is 52.4 Å². The Labute approximate surface area is 118 Å². The number of nitrogens with zero attached hydrogens (tertiary/aromatic N) is 2. The minimum absolute atomic E-state index is 0.331. The molecule has 1 N–H and O–H groups in total. The van der Waals surface area contributed by atoms with Gasteiger partial charge in [-0.05, 0) is 19.4 Å². The lowest BCUT2D eigenvalue weighted by Crippen LogP contribution is -2.61. The summed E-state index contributed by atoms with van der Waals surface area (Å²) in [6.45, 7) is 15.6. The Bertz CT molecular complexity index is 268. The molecule has 0 aliphatic carbocycles. The Morgan fingerprint density at radius 2 is 1.95 bits per heavy atom. The van der Waals surface area contributed by atoms with Gasteiger partial charge in [0.25, 0.3) is 0 Å². The number of rotatable bonds is 5. The van der Waals surface area contributed by atoms with E-state index >= 15 is 0 Å². The quantitative estimate of drug-likeness (QED) is 0.811. The van der Waals surface area contributed by atoms with Gasteiger partial charge < -0.3 is 10.1 Å². The summed E-state index contributed by atoms with van der Waals surface area (Å²) in [4.78, 5) is 5.11. The molecule has 2 aliphatic rings. The zero-order chi connectivity index (χ0) is 13.7. The predicted octanol–water partition coefficient (Wildman–Crippen LogP) is 1.17. The van der Waals surface area contributed by atoms with Crippen LogP contribution in [0.15, 0.2) is 0 Å². The number of hydrogen-bond acceptors (Lipinski definition) is 4. The van der Waals surface area contributed by atoms with Crippen LogP contribution in [0.25, 0.3) is 0 Å². The van der Waals surface area contributed by atoms with Gasteiger partial charge >= 0.3 is 0 Å². The molecule has 0 spiro atoms. The van der Waals surface area contributed by atoms with Gasteiger partial charge in [-0.3, -0.25) is 9.80 Å². The van der Waals surface area contributed by atoms with Gasteiger partial charge in [0.1, 0.15) is 0 Å². The molecule has 2 saturated heterocycles. The molecule has 0 bridgehead atoms. The Morgan fingerprint density at radius 3 is 2.63 bits per heavy atom. The van der Waals surface area contributed by atoms with Crippen molar-refractivity contribution in [3.8, 4) is 0 Å². The van der Waals surface area contributed by atoms with Crippen molar-refractivity contribution in [3.05, 3.63) is 0 Å². The van der Waals surface area contributed by atoms with Crippen LogP contribution < -0.4 is 5.32 Å². The van der Waals surface area contributed by atoms with Crippen LogP contribution in [0.1, 0.15) is 33.6 Å². The first kappa shape index (κ1) is 15.2. The normalized spacial score (nSPS) is 29.5. The second-order valence-corrected chi connectivity index (χ2v) is 6.04. The largest absolute Gasteiger partial charge is 0.374 e. The number of nitrogens with one attached hydrogen (secondary N) is 1. The summed E-state index contributed by atoms with van der Waals surface area (Å²) in [5.41, 5.74) is 0.331. The summed E-state index contributed by atoms with van der Waals surface area (Å²) in [7, 11) is 0.